The summed E-state index contributed by atoms with van der Waals surface area (Å²) in [5, 5.41) is 11.9. The molecule has 4 heteroatoms. The summed E-state index contributed by atoms with van der Waals surface area (Å²) in [7, 11) is 0. The number of rotatable bonds is 5. The second kappa shape index (κ2) is 7.01. The molecule has 4 nitrogen and oxygen atoms in total. The Hall–Kier alpha value is -1.55. The van der Waals surface area contributed by atoms with Crippen molar-refractivity contribution in [1.82, 2.24) is 4.90 Å². The SMILES string of the molecule is CCCN(CCO)C(=O)Nc1cc(C)ccc1C. The van der Waals surface area contributed by atoms with Crippen LogP contribution in [0.15, 0.2) is 18.2 Å². The molecule has 1 aromatic rings. The molecule has 0 atom stereocenters. The molecule has 18 heavy (non-hydrogen) atoms. The molecule has 100 valence electrons. The summed E-state index contributed by atoms with van der Waals surface area (Å²) in [6.07, 6.45) is 0.875. The molecule has 1 aromatic carbocycles. The summed E-state index contributed by atoms with van der Waals surface area (Å²) in [5.74, 6) is 0. The van der Waals surface area contributed by atoms with Crippen LogP contribution in [0.1, 0.15) is 24.5 Å². The summed E-state index contributed by atoms with van der Waals surface area (Å²) in [4.78, 5) is 13.7. The second-order valence-electron chi connectivity index (χ2n) is 4.46. The molecule has 1 rings (SSSR count). The Kier molecular flexibility index (Phi) is 5.65. The van der Waals surface area contributed by atoms with Crippen LogP contribution in [0.5, 0.6) is 0 Å². The van der Waals surface area contributed by atoms with E-state index < -0.39 is 0 Å². The Labute approximate surface area is 109 Å². The molecule has 0 aliphatic carbocycles. The van der Waals surface area contributed by atoms with Crippen LogP contribution in [0.4, 0.5) is 10.5 Å². The van der Waals surface area contributed by atoms with Crippen LogP contribution < -0.4 is 5.32 Å². The number of anilines is 1. The molecular formula is C14H22N2O2. The first kappa shape index (κ1) is 14.5. The molecule has 0 bridgehead atoms. The minimum Gasteiger partial charge on any atom is -0.395 e. The van der Waals surface area contributed by atoms with Crippen molar-refractivity contribution in [3.63, 3.8) is 0 Å². The third-order valence-electron chi connectivity index (χ3n) is 2.79. The zero-order valence-corrected chi connectivity index (χ0v) is 11.4. The molecule has 2 N–H and O–H groups in total. The monoisotopic (exact) mass is 250 g/mol. The molecule has 0 spiro atoms. The highest BCUT2D eigenvalue weighted by Crippen LogP contribution is 2.16. The van der Waals surface area contributed by atoms with Crippen molar-refractivity contribution in [2.75, 3.05) is 25.0 Å². The van der Waals surface area contributed by atoms with E-state index in [2.05, 4.69) is 5.32 Å². The smallest absolute Gasteiger partial charge is 0.321 e. The van der Waals surface area contributed by atoms with Gasteiger partial charge in [-0.3, -0.25) is 0 Å². The number of nitrogens with zero attached hydrogens (tertiary/aromatic N) is 1. The fourth-order valence-electron chi connectivity index (χ4n) is 1.77. The standard InChI is InChI=1S/C14H22N2O2/c1-4-7-16(8-9-17)14(18)15-13-10-11(2)5-6-12(13)3/h5-6,10,17H,4,7-9H2,1-3H3,(H,15,18). The number of urea groups is 1. The average Bonchev–Trinajstić information content (AvgIpc) is 2.33. The molecule has 2 amide bonds. The van der Waals surface area contributed by atoms with Gasteiger partial charge in [0.2, 0.25) is 0 Å². The molecule has 0 radical (unpaired) electrons. The van der Waals surface area contributed by atoms with Crippen LogP contribution >= 0.6 is 0 Å². The number of aliphatic hydroxyl groups excluding tert-OH is 1. The Morgan fingerprint density at radius 2 is 2.06 bits per heavy atom. The van der Waals surface area contributed by atoms with Gasteiger partial charge in [0.15, 0.2) is 0 Å². The van der Waals surface area contributed by atoms with Gasteiger partial charge >= 0.3 is 6.03 Å². The van der Waals surface area contributed by atoms with Gasteiger partial charge in [-0.25, -0.2) is 4.79 Å². The highest BCUT2D eigenvalue weighted by Gasteiger charge is 2.12. The van der Waals surface area contributed by atoms with Crippen molar-refractivity contribution in [2.24, 2.45) is 0 Å². The normalized spacial score (nSPS) is 10.2. The minimum atomic E-state index is -0.153. The minimum absolute atomic E-state index is 0.0137. The molecule has 0 unspecified atom stereocenters. The fourth-order valence-corrected chi connectivity index (χ4v) is 1.77. The van der Waals surface area contributed by atoms with E-state index in [0.717, 1.165) is 23.2 Å². The van der Waals surface area contributed by atoms with Crippen LogP contribution in [0, 0.1) is 13.8 Å². The zero-order chi connectivity index (χ0) is 13.5. The molecule has 0 fully saturated rings. The van der Waals surface area contributed by atoms with Crippen molar-refractivity contribution in [3.05, 3.63) is 29.3 Å². The van der Waals surface area contributed by atoms with Gasteiger partial charge in [0, 0.05) is 18.8 Å². The highest BCUT2D eigenvalue weighted by molar-refractivity contribution is 5.90. The summed E-state index contributed by atoms with van der Waals surface area (Å²) in [6.45, 7) is 6.97. The lowest BCUT2D eigenvalue weighted by atomic mass is 10.1. The van der Waals surface area contributed by atoms with E-state index in [1.165, 1.54) is 0 Å². The summed E-state index contributed by atoms with van der Waals surface area (Å²) < 4.78 is 0. The van der Waals surface area contributed by atoms with E-state index >= 15 is 0 Å². The summed E-state index contributed by atoms with van der Waals surface area (Å²) >= 11 is 0. The van der Waals surface area contributed by atoms with Crippen LogP contribution in [-0.4, -0.2) is 35.7 Å². The maximum atomic E-state index is 12.1. The number of nitrogens with one attached hydrogen (secondary N) is 1. The third-order valence-corrected chi connectivity index (χ3v) is 2.79. The van der Waals surface area contributed by atoms with E-state index in [-0.39, 0.29) is 12.6 Å². The predicted octanol–water partition coefficient (Wildman–Crippen LogP) is 2.54. The number of aliphatic hydroxyl groups is 1. The Morgan fingerprint density at radius 3 is 2.67 bits per heavy atom. The lowest BCUT2D eigenvalue weighted by Crippen LogP contribution is -2.37. The zero-order valence-electron chi connectivity index (χ0n) is 11.4. The Bertz CT molecular complexity index is 399. The van der Waals surface area contributed by atoms with Gasteiger partial charge in [0.1, 0.15) is 0 Å². The van der Waals surface area contributed by atoms with Gasteiger partial charge < -0.3 is 15.3 Å². The van der Waals surface area contributed by atoms with Gasteiger partial charge in [-0.05, 0) is 37.5 Å². The van der Waals surface area contributed by atoms with Crippen molar-refractivity contribution in [2.45, 2.75) is 27.2 Å². The van der Waals surface area contributed by atoms with E-state index in [0.29, 0.717) is 13.1 Å². The van der Waals surface area contributed by atoms with Gasteiger partial charge in [0.25, 0.3) is 0 Å². The van der Waals surface area contributed by atoms with Crippen LogP contribution in [0.2, 0.25) is 0 Å². The molecule has 0 aliphatic rings. The number of amides is 2. The summed E-state index contributed by atoms with van der Waals surface area (Å²) in [6, 6.07) is 5.81. The predicted molar refractivity (Wildman–Crippen MR) is 73.9 cm³/mol. The molecule has 0 saturated heterocycles. The third kappa shape index (κ3) is 4.04. The first-order valence-corrected chi connectivity index (χ1v) is 6.32. The van der Waals surface area contributed by atoms with Crippen molar-refractivity contribution < 1.29 is 9.90 Å². The van der Waals surface area contributed by atoms with E-state index in [9.17, 15) is 4.79 Å². The number of benzene rings is 1. The quantitative estimate of drug-likeness (QED) is 0.843. The number of carbonyl (C=O) groups is 1. The van der Waals surface area contributed by atoms with Crippen molar-refractivity contribution >= 4 is 11.7 Å². The van der Waals surface area contributed by atoms with E-state index in [4.69, 9.17) is 5.11 Å². The molecule has 0 saturated carbocycles. The van der Waals surface area contributed by atoms with Crippen molar-refractivity contribution in [3.8, 4) is 0 Å². The number of carbonyl (C=O) groups excluding carboxylic acids is 1. The molecule has 0 heterocycles. The van der Waals surface area contributed by atoms with Crippen LogP contribution in [0.25, 0.3) is 0 Å². The lowest BCUT2D eigenvalue weighted by molar-refractivity contribution is 0.188. The number of hydrogen-bond acceptors (Lipinski definition) is 2. The highest BCUT2D eigenvalue weighted by atomic mass is 16.3. The molecular weight excluding hydrogens is 228 g/mol. The number of hydrogen-bond donors (Lipinski definition) is 2. The fraction of sp³-hybridized carbons (Fsp3) is 0.500. The lowest BCUT2D eigenvalue weighted by Gasteiger charge is -2.22. The molecule has 0 aliphatic heterocycles. The average molecular weight is 250 g/mol. The maximum Gasteiger partial charge on any atom is 0.321 e. The van der Waals surface area contributed by atoms with E-state index in [1.807, 2.05) is 39.0 Å². The maximum absolute atomic E-state index is 12.1. The summed E-state index contributed by atoms with van der Waals surface area (Å²) in [5.41, 5.74) is 2.98. The van der Waals surface area contributed by atoms with Gasteiger partial charge in [-0.2, -0.15) is 0 Å². The van der Waals surface area contributed by atoms with Gasteiger partial charge in [-0.15, -0.1) is 0 Å². The Morgan fingerprint density at radius 1 is 1.33 bits per heavy atom. The largest absolute Gasteiger partial charge is 0.395 e. The topological polar surface area (TPSA) is 52.6 Å². The van der Waals surface area contributed by atoms with Crippen LogP contribution in [0.3, 0.4) is 0 Å². The first-order chi connectivity index (χ1) is 8.58. The van der Waals surface area contributed by atoms with Crippen molar-refractivity contribution in [1.29, 1.82) is 0 Å². The van der Waals surface area contributed by atoms with Gasteiger partial charge in [0.05, 0.1) is 6.61 Å². The Balaban J connectivity index is 2.75. The van der Waals surface area contributed by atoms with E-state index in [1.54, 1.807) is 4.90 Å². The second-order valence-corrected chi connectivity index (χ2v) is 4.46. The van der Waals surface area contributed by atoms with Crippen LogP contribution in [-0.2, 0) is 0 Å². The number of aryl methyl sites for hydroxylation is 2. The van der Waals surface area contributed by atoms with Gasteiger partial charge in [-0.1, -0.05) is 19.1 Å². The first-order valence-electron chi connectivity index (χ1n) is 6.32. The molecule has 0 aromatic heterocycles.